The maximum atomic E-state index is 11.9. The molecule has 0 aromatic heterocycles. The molecular weight excluding hydrogens is 206 g/mol. The van der Waals surface area contributed by atoms with Crippen LogP contribution in [0, 0.1) is 0 Å². The zero-order chi connectivity index (χ0) is 12.4. The van der Waals surface area contributed by atoms with Gasteiger partial charge in [-0.15, -0.1) is 0 Å². The van der Waals surface area contributed by atoms with Crippen molar-refractivity contribution >= 4 is 5.91 Å². The lowest BCUT2D eigenvalue weighted by Gasteiger charge is -2.33. The zero-order valence-electron chi connectivity index (χ0n) is 10.7. The van der Waals surface area contributed by atoms with Crippen molar-refractivity contribution in [3.8, 4) is 0 Å². The second-order valence-electron chi connectivity index (χ2n) is 5.35. The molecule has 1 aliphatic heterocycles. The average Bonchev–Trinajstić information content (AvgIpc) is 2.62. The third-order valence-corrected chi connectivity index (χ3v) is 3.40. The molecule has 1 rings (SSSR count). The highest BCUT2D eigenvalue weighted by molar-refractivity contribution is 5.86. The van der Waals surface area contributed by atoms with Crippen molar-refractivity contribution in [1.82, 2.24) is 10.2 Å². The lowest BCUT2D eigenvalue weighted by Crippen LogP contribution is -2.58. The Morgan fingerprint density at radius 3 is 2.62 bits per heavy atom. The number of hydrogen-bond donors (Lipinski definition) is 2. The molecule has 0 aliphatic carbocycles. The molecule has 0 radical (unpaired) electrons. The Balaban J connectivity index is 2.47. The molecule has 94 valence electrons. The van der Waals surface area contributed by atoms with Crippen molar-refractivity contribution in [2.75, 3.05) is 33.9 Å². The van der Waals surface area contributed by atoms with Gasteiger partial charge in [0.05, 0.1) is 6.61 Å². The number of hydrogen-bond acceptors (Lipinski definition) is 4. The fraction of sp³-hybridized carbons (Fsp3) is 0.909. The molecule has 0 saturated carbocycles. The van der Waals surface area contributed by atoms with Gasteiger partial charge in [0.15, 0.2) is 0 Å². The maximum Gasteiger partial charge on any atom is 0.242 e. The maximum absolute atomic E-state index is 11.9. The first-order chi connectivity index (χ1) is 7.28. The molecule has 16 heavy (non-hydrogen) atoms. The number of carbonyl (C=O) groups is 1. The smallest absolute Gasteiger partial charge is 0.242 e. The summed E-state index contributed by atoms with van der Waals surface area (Å²) in [7, 11) is 3.98. The van der Waals surface area contributed by atoms with Gasteiger partial charge >= 0.3 is 0 Å². The van der Waals surface area contributed by atoms with E-state index in [-0.39, 0.29) is 11.4 Å². The summed E-state index contributed by atoms with van der Waals surface area (Å²) in [6.07, 6.45) is 0.598. The summed E-state index contributed by atoms with van der Waals surface area (Å²) < 4.78 is 5.16. The summed E-state index contributed by atoms with van der Waals surface area (Å²) in [4.78, 5) is 14.0. The predicted octanol–water partition coefficient (Wildman–Crippen LogP) is -0.439. The lowest BCUT2D eigenvalue weighted by atomic mass is 9.98. The van der Waals surface area contributed by atoms with E-state index in [4.69, 9.17) is 10.5 Å². The number of rotatable bonds is 4. The number of nitrogens with one attached hydrogen (secondary N) is 1. The summed E-state index contributed by atoms with van der Waals surface area (Å²) >= 11 is 0. The van der Waals surface area contributed by atoms with Crippen LogP contribution in [0.3, 0.4) is 0 Å². The van der Waals surface area contributed by atoms with E-state index in [0.29, 0.717) is 26.2 Å². The van der Waals surface area contributed by atoms with Crippen LogP contribution in [0.25, 0.3) is 0 Å². The monoisotopic (exact) mass is 229 g/mol. The minimum atomic E-state index is -0.831. The van der Waals surface area contributed by atoms with Crippen molar-refractivity contribution in [3.63, 3.8) is 0 Å². The predicted molar refractivity (Wildman–Crippen MR) is 63.1 cm³/mol. The molecule has 0 aromatic rings. The molecule has 5 nitrogen and oxygen atoms in total. The summed E-state index contributed by atoms with van der Waals surface area (Å²) in [6, 6.07) is 0. The summed E-state index contributed by atoms with van der Waals surface area (Å²) in [5.41, 5.74) is 5.05. The number of carbonyl (C=O) groups excluding carboxylic acids is 1. The summed E-state index contributed by atoms with van der Waals surface area (Å²) in [5, 5.41) is 2.90. The number of ether oxygens (including phenoxy) is 1. The van der Waals surface area contributed by atoms with Crippen molar-refractivity contribution in [2.24, 2.45) is 5.73 Å². The van der Waals surface area contributed by atoms with Crippen LogP contribution in [0.4, 0.5) is 0 Å². The van der Waals surface area contributed by atoms with Gasteiger partial charge in [-0.05, 0) is 34.4 Å². The lowest BCUT2D eigenvalue weighted by molar-refractivity contribution is -0.126. The van der Waals surface area contributed by atoms with Gasteiger partial charge in [-0.2, -0.15) is 0 Å². The van der Waals surface area contributed by atoms with E-state index in [9.17, 15) is 4.79 Å². The highest BCUT2D eigenvalue weighted by Crippen LogP contribution is 2.16. The van der Waals surface area contributed by atoms with E-state index in [1.807, 2.05) is 14.1 Å². The normalized spacial score (nSPS) is 26.1. The van der Waals surface area contributed by atoms with Gasteiger partial charge in [-0.1, -0.05) is 0 Å². The fourth-order valence-electron chi connectivity index (χ4n) is 1.39. The van der Waals surface area contributed by atoms with Gasteiger partial charge in [0, 0.05) is 18.7 Å². The SMILES string of the molecule is CN(C)C(C)(C)CNC(=O)C1(N)CCOC1. The van der Waals surface area contributed by atoms with Crippen LogP contribution < -0.4 is 11.1 Å². The molecule has 1 atom stereocenters. The first kappa shape index (κ1) is 13.4. The first-order valence-electron chi connectivity index (χ1n) is 5.60. The minimum absolute atomic E-state index is 0.0779. The van der Waals surface area contributed by atoms with Crippen LogP contribution in [0.2, 0.25) is 0 Å². The summed E-state index contributed by atoms with van der Waals surface area (Å²) in [5.74, 6) is -0.111. The van der Waals surface area contributed by atoms with E-state index >= 15 is 0 Å². The highest BCUT2D eigenvalue weighted by Gasteiger charge is 2.38. The van der Waals surface area contributed by atoms with E-state index in [2.05, 4.69) is 24.1 Å². The number of nitrogens with two attached hydrogens (primary N) is 1. The van der Waals surface area contributed by atoms with E-state index < -0.39 is 5.54 Å². The molecular formula is C11H23N3O2. The molecule has 0 bridgehead atoms. The van der Waals surface area contributed by atoms with Crippen LogP contribution in [0.15, 0.2) is 0 Å². The average molecular weight is 229 g/mol. The van der Waals surface area contributed by atoms with Gasteiger partial charge < -0.3 is 20.7 Å². The Bertz CT molecular complexity index is 258. The minimum Gasteiger partial charge on any atom is -0.379 e. The largest absolute Gasteiger partial charge is 0.379 e. The second kappa shape index (κ2) is 4.69. The van der Waals surface area contributed by atoms with E-state index in [1.165, 1.54) is 0 Å². The Morgan fingerprint density at radius 2 is 2.19 bits per heavy atom. The Hall–Kier alpha value is -0.650. The van der Waals surface area contributed by atoms with Crippen LogP contribution >= 0.6 is 0 Å². The molecule has 1 unspecified atom stereocenters. The van der Waals surface area contributed by atoms with Crippen LogP contribution in [0.5, 0.6) is 0 Å². The molecule has 1 aliphatic rings. The first-order valence-corrected chi connectivity index (χ1v) is 5.60. The Labute approximate surface area is 97.3 Å². The van der Waals surface area contributed by atoms with E-state index in [0.717, 1.165) is 0 Å². The van der Waals surface area contributed by atoms with Crippen LogP contribution in [0.1, 0.15) is 20.3 Å². The van der Waals surface area contributed by atoms with Gasteiger partial charge in [-0.25, -0.2) is 0 Å². The van der Waals surface area contributed by atoms with Crippen molar-refractivity contribution in [2.45, 2.75) is 31.3 Å². The van der Waals surface area contributed by atoms with E-state index in [1.54, 1.807) is 0 Å². The number of nitrogens with zero attached hydrogens (tertiary/aromatic N) is 1. The highest BCUT2D eigenvalue weighted by atomic mass is 16.5. The standard InChI is InChI=1S/C11H23N3O2/c1-10(2,14(3)4)7-13-9(15)11(12)5-6-16-8-11/h5-8,12H2,1-4H3,(H,13,15). The van der Waals surface area contributed by atoms with Gasteiger partial charge in [-0.3, -0.25) is 4.79 Å². The van der Waals surface area contributed by atoms with Crippen LogP contribution in [-0.4, -0.2) is 55.7 Å². The van der Waals surface area contributed by atoms with Gasteiger partial charge in [0.2, 0.25) is 5.91 Å². The van der Waals surface area contributed by atoms with Crippen LogP contribution in [-0.2, 0) is 9.53 Å². The molecule has 5 heteroatoms. The summed E-state index contributed by atoms with van der Waals surface area (Å²) in [6.45, 7) is 5.61. The zero-order valence-corrected chi connectivity index (χ0v) is 10.7. The van der Waals surface area contributed by atoms with Gasteiger partial charge in [0.25, 0.3) is 0 Å². The fourth-order valence-corrected chi connectivity index (χ4v) is 1.39. The molecule has 1 amide bonds. The molecule has 0 aromatic carbocycles. The molecule has 3 N–H and O–H groups in total. The van der Waals surface area contributed by atoms with Crippen molar-refractivity contribution in [3.05, 3.63) is 0 Å². The Morgan fingerprint density at radius 1 is 1.56 bits per heavy atom. The quantitative estimate of drug-likeness (QED) is 0.686. The second-order valence-corrected chi connectivity index (χ2v) is 5.35. The third-order valence-electron chi connectivity index (χ3n) is 3.40. The molecule has 1 fully saturated rings. The van der Waals surface area contributed by atoms with Gasteiger partial charge in [0.1, 0.15) is 5.54 Å². The van der Waals surface area contributed by atoms with Crippen molar-refractivity contribution in [1.29, 1.82) is 0 Å². The molecule has 0 spiro atoms. The third kappa shape index (κ3) is 2.93. The topological polar surface area (TPSA) is 67.6 Å². The molecule has 1 heterocycles. The number of likely N-dealkylation sites (N-methyl/N-ethyl adjacent to an activating group) is 1. The Kier molecular flexibility index (Phi) is 3.93. The van der Waals surface area contributed by atoms with Crippen molar-refractivity contribution < 1.29 is 9.53 Å². The molecule has 1 saturated heterocycles. The number of amides is 1.